The Hall–Kier alpha value is -6.27. The highest BCUT2D eigenvalue weighted by Gasteiger charge is 2.08. The van der Waals surface area contributed by atoms with Crippen LogP contribution in [0, 0.1) is 59.7 Å². The van der Waals surface area contributed by atoms with Crippen LogP contribution in [0.4, 0.5) is 0 Å². The molecule has 4 aromatic carbocycles. The Balaban J connectivity index is 0. The van der Waals surface area contributed by atoms with E-state index < -0.39 is 0 Å². The molecule has 4 aromatic rings. The Morgan fingerprint density at radius 1 is 0.630 bits per heavy atom. The number of nitrogens with zero attached hydrogens (tertiary/aromatic N) is 3. The van der Waals surface area contributed by atoms with Gasteiger partial charge in [-0.05, 0) is 91.4 Å². The third kappa shape index (κ3) is 11.1. The molecule has 0 aliphatic carbocycles. The van der Waals surface area contributed by atoms with Crippen molar-refractivity contribution in [3.63, 3.8) is 0 Å². The summed E-state index contributed by atoms with van der Waals surface area (Å²) in [4.78, 5) is 0. The van der Waals surface area contributed by atoms with Gasteiger partial charge < -0.3 is 9.47 Å². The molecule has 5 heteroatoms. The highest BCUT2D eigenvalue weighted by atomic mass is 16.5. The summed E-state index contributed by atoms with van der Waals surface area (Å²) in [5, 5.41) is 27.0. The van der Waals surface area contributed by atoms with Crippen molar-refractivity contribution in [1.82, 2.24) is 0 Å². The number of benzene rings is 4. The summed E-state index contributed by atoms with van der Waals surface area (Å²) in [5.41, 5.74) is 7.81. The van der Waals surface area contributed by atoms with Gasteiger partial charge in [0.15, 0.2) is 0 Å². The maximum Gasteiger partial charge on any atom is 0.137 e. The fourth-order valence-corrected chi connectivity index (χ4v) is 4.27. The summed E-state index contributed by atoms with van der Waals surface area (Å²) in [6, 6.07) is 31.6. The molecule has 0 saturated heterocycles. The highest BCUT2D eigenvalue weighted by molar-refractivity contribution is 5.74. The van der Waals surface area contributed by atoms with E-state index in [1.54, 1.807) is 33.3 Å². The molecule has 234 valence electrons. The number of ether oxygens (including phenoxy) is 2. The zero-order chi connectivity index (χ0) is 33.7. The Kier molecular flexibility index (Phi) is 15.5. The molecule has 5 nitrogen and oxygen atoms in total. The zero-order valence-electron chi connectivity index (χ0n) is 27.1. The van der Waals surface area contributed by atoms with Crippen molar-refractivity contribution in [2.45, 2.75) is 27.7 Å². The van der Waals surface area contributed by atoms with Gasteiger partial charge in [-0.1, -0.05) is 90.9 Å². The van der Waals surface area contributed by atoms with Gasteiger partial charge in [-0.2, -0.15) is 15.8 Å². The molecule has 0 aliphatic rings. The molecule has 4 rings (SSSR count). The maximum absolute atomic E-state index is 9.25. The van der Waals surface area contributed by atoms with Gasteiger partial charge in [0.1, 0.15) is 34.8 Å². The van der Waals surface area contributed by atoms with Gasteiger partial charge in [0, 0.05) is 4.28 Å². The quantitative estimate of drug-likeness (QED) is 0.160. The van der Waals surface area contributed by atoms with Crippen LogP contribution in [0.5, 0.6) is 11.5 Å². The van der Waals surface area contributed by atoms with Crippen LogP contribution in [0.2, 0.25) is 0 Å². The minimum absolute atomic E-state index is 0. The molecule has 0 saturated carbocycles. The minimum Gasteiger partial charge on any atom is -0.495 e. The summed E-state index contributed by atoms with van der Waals surface area (Å²) < 4.78 is 10.4. The molecule has 0 bridgehead atoms. The van der Waals surface area contributed by atoms with Crippen LogP contribution in [0.3, 0.4) is 0 Å². The lowest BCUT2D eigenvalue weighted by molar-refractivity contribution is 0.413. The summed E-state index contributed by atoms with van der Waals surface area (Å²) in [5.74, 6) is 6.82. The lowest BCUT2D eigenvalue weighted by Gasteiger charge is -2.07. The van der Waals surface area contributed by atoms with E-state index in [9.17, 15) is 5.26 Å². The second-order valence-corrected chi connectivity index (χ2v) is 9.76. The molecule has 0 fully saturated rings. The topological polar surface area (TPSA) is 89.8 Å². The van der Waals surface area contributed by atoms with Gasteiger partial charge in [-0.3, -0.25) is 0 Å². The van der Waals surface area contributed by atoms with E-state index in [0.29, 0.717) is 28.2 Å². The summed E-state index contributed by atoms with van der Waals surface area (Å²) in [6.07, 6.45) is 11.4. The SMILES string of the molecule is C/C=C/c1cc(C)cc(OC)c1C#N.CC#C/C=C/c1ccccc1C#N.COc1cc(C)cc(/C=C/c2ccccc2)c1C#N.[HH].[HH].[HH]. The van der Waals surface area contributed by atoms with Crippen molar-refractivity contribution in [3.8, 4) is 41.5 Å². The van der Waals surface area contributed by atoms with Gasteiger partial charge in [0.05, 0.1) is 25.9 Å². The van der Waals surface area contributed by atoms with Crippen molar-refractivity contribution in [3.05, 3.63) is 141 Å². The number of allylic oxidation sites excluding steroid dienone is 2. The van der Waals surface area contributed by atoms with Gasteiger partial charge in [0.2, 0.25) is 0 Å². The smallest absolute Gasteiger partial charge is 0.137 e. The van der Waals surface area contributed by atoms with Crippen LogP contribution in [0.25, 0.3) is 24.3 Å². The first-order chi connectivity index (χ1) is 22.3. The van der Waals surface area contributed by atoms with Crippen molar-refractivity contribution in [2.75, 3.05) is 14.2 Å². The van der Waals surface area contributed by atoms with E-state index >= 15 is 0 Å². The third-order valence-electron chi connectivity index (χ3n) is 6.39. The summed E-state index contributed by atoms with van der Waals surface area (Å²) in [7, 11) is 3.16. The molecule has 0 atom stereocenters. The predicted octanol–water partition coefficient (Wildman–Crippen LogP) is 10.3. The van der Waals surface area contributed by atoms with Crippen molar-refractivity contribution in [2.24, 2.45) is 0 Å². The molecule has 0 aliphatic heterocycles. The number of rotatable bonds is 6. The van der Waals surface area contributed by atoms with Crippen LogP contribution in [0.1, 0.15) is 68.2 Å². The average Bonchev–Trinajstić information content (AvgIpc) is 3.08. The zero-order valence-corrected chi connectivity index (χ0v) is 27.1. The van der Waals surface area contributed by atoms with E-state index in [4.69, 9.17) is 20.0 Å². The highest BCUT2D eigenvalue weighted by Crippen LogP contribution is 2.26. The molecule has 46 heavy (non-hydrogen) atoms. The standard InChI is InChI=1S/C17H15NO.C12H13NO.C12H9N.3H2/c1-13-10-15(16(12-18)17(11-13)19-2)9-8-14-6-4-3-5-7-14;1-4-5-10-6-9(2)7-12(14-3)11(10)8-13;1-2-3-4-7-11-8-5-6-9-12(11)10-13;;;/h3-11H,1-2H3;4-7H,1-3H3;4-9H,1H3;3*1H/b9-8+;5-4+;7-4+;;;. The van der Waals surface area contributed by atoms with Crippen molar-refractivity contribution < 1.29 is 13.8 Å². The molecule has 0 unspecified atom stereocenters. The number of hydrogen-bond acceptors (Lipinski definition) is 5. The molecular weight excluding hydrogens is 566 g/mol. The lowest BCUT2D eigenvalue weighted by atomic mass is 10.0. The average molecular weight is 610 g/mol. The Labute approximate surface area is 278 Å². The first kappa shape index (κ1) is 35.9. The van der Waals surface area contributed by atoms with Crippen LogP contribution in [0.15, 0.2) is 91.0 Å². The van der Waals surface area contributed by atoms with Gasteiger partial charge in [-0.25, -0.2) is 0 Å². The molecule has 0 radical (unpaired) electrons. The number of aryl methyl sites for hydroxylation is 2. The third-order valence-corrected chi connectivity index (χ3v) is 6.39. The van der Waals surface area contributed by atoms with Crippen LogP contribution in [-0.4, -0.2) is 14.2 Å². The minimum atomic E-state index is 0. The lowest BCUT2D eigenvalue weighted by Crippen LogP contribution is -1.92. The molecule has 0 aromatic heterocycles. The fraction of sp³-hybridized carbons (Fsp3) is 0.146. The molecule has 0 heterocycles. The van der Waals surface area contributed by atoms with Crippen LogP contribution in [-0.2, 0) is 0 Å². The van der Waals surface area contributed by atoms with Gasteiger partial charge >= 0.3 is 0 Å². The molecule has 0 N–H and O–H groups in total. The fourth-order valence-electron chi connectivity index (χ4n) is 4.27. The Bertz CT molecular complexity index is 1900. The van der Waals surface area contributed by atoms with E-state index in [-0.39, 0.29) is 4.28 Å². The van der Waals surface area contributed by atoms with Gasteiger partial charge in [0.25, 0.3) is 0 Å². The summed E-state index contributed by atoms with van der Waals surface area (Å²) >= 11 is 0. The number of methoxy groups -OCH3 is 2. The Morgan fingerprint density at radius 3 is 1.67 bits per heavy atom. The predicted molar refractivity (Wildman–Crippen MR) is 195 cm³/mol. The molecule has 0 amide bonds. The van der Waals surface area contributed by atoms with E-state index in [1.807, 2.05) is 124 Å². The Morgan fingerprint density at radius 2 is 1.17 bits per heavy atom. The normalized spacial score (nSPS) is 9.89. The summed E-state index contributed by atoms with van der Waals surface area (Å²) in [6.45, 7) is 7.68. The maximum atomic E-state index is 9.25. The van der Waals surface area contributed by atoms with Crippen molar-refractivity contribution in [1.29, 1.82) is 15.8 Å². The molecule has 0 spiro atoms. The second kappa shape index (κ2) is 19.8. The van der Waals surface area contributed by atoms with Crippen LogP contribution < -0.4 is 9.47 Å². The second-order valence-electron chi connectivity index (χ2n) is 9.76. The van der Waals surface area contributed by atoms with E-state index in [2.05, 4.69) is 30.0 Å². The van der Waals surface area contributed by atoms with Gasteiger partial charge in [-0.15, -0.1) is 5.92 Å². The molecular formula is C41H43N3O2. The van der Waals surface area contributed by atoms with Crippen molar-refractivity contribution >= 4 is 24.3 Å². The van der Waals surface area contributed by atoms with Crippen LogP contribution >= 0.6 is 0 Å². The number of nitriles is 3. The van der Waals surface area contributed by atoms with E-state index in [1.165, 1.54) is 0 Å². The number of hydrogen-bond donors (Lipinski definition) is 0. The van der Waals surface area contributed by atoms with E-state index in [0.717, 1.165) is 33.4 Å². The first-order valence-electron chi connectivity index (χ1n) is 14.5. The largest absolute Gasteiger partial charge is 0.495 e. The monoisotopic (exact) mass is 609 g/mol. The first-order valence-corrected chi connectivity index (χ1v) is 14.5.